The van der Waals surface area contributed by atoms with E-state index in [9.17, 15) is 25.6 Å². The minimum atomic E-state index is -4.19. The van der Waals surface area contributed by atoms with Crippen molar-refractivity contribution in [2.24, 2.45) is 5.14 Å². The first-order valence-corrected chi connectivity index (χ1v) is 7.56. The van der Waals surface area contributed by atoms with Crippen LogP contribution in [0.15, 0.2) is 34.1 Å². The van der Waals surface area contributed by atoms with E-state index in [1.165, 1.54) is 0 Å². The molecule has 102 valence electrons. The van der Waals surface area contributed by atoms with Gasteiger partial charge in [-0.15, -0.1) is 0 Å². The summed E-state index contributed by atoms with van der Waals surface area (Å²) in [5.74, 6) is 0. The first-order chi connectivity index (χ1) is 8.13. The van der Waals surface area contributed by atoms with Crippen LogP contribution in [0, 0.1) is 0 Å². The molecule has 0 radical (unpaired) electrons. The maximum Gasteiger partial charge on any atom is 0.251 e. The van der Waals surface area contributed by atoms with Crippen molar-refractivity contribution < 1.29 is 25.6 Å². The van der Waals surface area contributed by atoms with Crippen molar-refractivity contribution in [2.75, 3.05) is 6.54 Å². The maximum absolute atomic E-state index is 11.9. The van der Waals surface area contributed by atoms with Gasteiger partial charge in [0.2, 0.25) is 20.0 Å². The van der Waals surface area contributed by atoms with Crippen LogP contribution < -0.4 is 9.86 Å². The van der Waals surface area contributed by atoms with E-state index in [0.717, 1.165) is 24.3 Å². The molecule has 0 amide bonds. The van der Waals surface area contributed by atoms with E-state index in [1.807, 2.05) is 0 Å². The van der Waals surface area contributed by atoms with Gasteiger partial charge >= 0.3 is 0 Å². The lowest BCUT2D eigenvalue weighted by Gasteiger charge is -2.07. The van der Waals surface area contributed by atoms with Crippen molar-refractivity contribution in [3.63, 3.8) is 0 Å². The Morgan fingerprint density at radius 3 is 2.22 bits per heavy atom. The summed E-state index contributed by atoms with van der Waals surface area (Å²) in [4.78, 5) is -0.864. The minimum Gasteiger partial charge on any atom is -0.225 e. The highest BCUT2D eigenvalue weighted by atomic mass is 32.2. The third-order valence-corrected chi connectivity index (χ3v) is 4.20. The van der Waals surface area contributed by atoms with E-state index < -0.39 is 42.8 Å². The molecule has 1 aromatic rings. The number of hydrogen-bond donors (Lipinski definition) is 2. The van der Waals surface area contributed by atoms with Crippen LogP contribution in [0.4, 0.5) is 8.78 Å². The number of rotatable bonds is 5. The highest BCUT2D eigenvalue weighted by Crippen LogP contribution is 2.14. The fourth-order valence-corrected chi connectivity index (χ4v) is 2.76. The molecular formula is C8H10F2N2O4S2. The molecule has 0 unspecified atom stereocenters. The molecule has 1 rings (SSSR count). The van der Waals surface area contributed by atoms with Gasteiger partial charge in [0.15, 0.2) is 0 Å². The van der Waals surface area contributed by atoms with Crippen LogP contribution >= 0.6 is 0 Å². The lowest BCUT2D eigenvalue weighted by molar-refractivity contribution is 0.153. The van der Waals surface area contributed by atoms with Gasteiger partial charge in [-0.1, -0.05) is 6.07 Å². The summed E-state index contributed by atoms with van der Waals surface area (Å²) < 4.78 is 70.6. The van der Waals surface area contributed by atoms with Gasteiger partial charge in [0.1, 0.15) is 0 Å². The molecular weight excluding hydrogens is 290 g/mol. The molecule has 0 fully saturated rings. The van der Waals surface area contributed by atoms with Gasteiger partial charge in [0.25, 0.3) is 6.43 Å². The normalized spacial score (nSPS) is 12.9. The van der Waals surface area contributed by atoms with Crippen molar-refractivity contribution in [1.29, 1.82) is 0 Å². The second kappa shape index (κ2) is 5.26. The predicted molar refractivity (Wildman–Crippen MR) is 59.0 cm³/mol. The first-order valence-electron chi connectivity index (χ1n) is 4.53. The molecule has 0 aromatic heterocycles. The van der Waals surface area contributed by atoms with E-state index in [2.05, 4.69) is 0 Å². The van der Waals surface area contributed by atoms with E-state index >= 15 is 0 Å². The average molecular weight is 300 g/mol. The standard InChI is InChI=1S/C8H10F2N2O4S2/c9-8(10)5-12-18(15,16)7-3-1-2-6(4-7)17(11,13)14/h1-4,8,12H,5H2,(H2,11,13,14). The Bertz CT molecular complexity index is 628. The smallest absolute Gasteiger partial charge is 0.225 e. The topological polar surface area (TPSA) is 106 Å². The molecule has 0 saturated heterocycles. The maximum atomic E-state index is 11.9. The second-order valence-electron chi connectivity index (χ2n) is 3.26. The van der Waals surface area contributed by atoms with Crippen LogP contribution in [0.2, 0.25) is 0 Å². The fraction of sp³-hybridized carbons (Fsp3) is 0.250. The minimum absolute atomic E-state index is 0.414. The summed E-state index contributed by atoms with van der Waals surface area (Å²) in [5, 5.41) is 4.83. The highest BCUT2D eigenvalue weighted by Gasteiger charge is 2.18. The van der Waals surface area contributed by atoms with Crippen molar-refractivity contribution in [1.82, 2.24) is 4.72 Å². The summed E-state index contributed by atoms with van der Waals surface area (Å²) in [6.07, 6.45) is -2.85. The Hall–Kier alpha value is -1.10. The fourth-order valence-electron chi connectivity index (χ4n) is 1.07. The van der Waals surface area contributed by atoms with Gasteiger partial charge in [0.05, 0.1) is 16.3 Å². The number of primary sulfonamides is 1. The number of alkyl halides is 2. The van der Waals surface area contributed by atoms with E-state index in [1.54, 1.807) is 4.72 Å². The lowest BCUT2D eigenvalue weighted by atomic mass is 10.4. The zero-order chi connectivity index (χ0) is 14.0. The molecule has 0 bridgehead atoms. The number of sulfonamides is 2. The Balaban J connectivity index is 3.11. The molecule has 10 heteroatoms. The van der Waals surface area contributed by atoms with Gasteiger partial charge in [-0.25, -0.2) is 35.5 Å². The summed E-state index contributed by atoms with van der Waals surface area (Å²) >= 11 is 0. The quantitative estimate of drug-likeness (QED) is 0.790. The zero-order valence-corrected chi connectivity index (χ0v) is 10.5. The number of nitrogens with one attached hydrogen (secondary N) is 1. The van der Waals surface area contributed by atoms with Crippen molar-refractivity contribution in [3.05, 3.63) is 24.3 Å². The third kappa shape index (κ3) is 3.98. The van der Waals surface area contributed by atoms with Gasteiger partial charge in [-0.05, 0) is 18.2 Å². The molecule has 18 heavy (non-hydrogen) atoms. The van der Waals surface area contributed by atoms with Gasteiger partial charge < -0.3 is 0 Å². The van der Waals surface area contributed by atoms with E-state index in [-0.39, 0.29) is 0 Å². The van der Waals surface area contributed by atoms with Crippen LogP contribution in [-0.2, 0) is 20.0 Å². The van der Waals surface area contributed by atoms with Crippen LogP contribution in [-0.4, -0.2) is 29.8 Å². The average Bonchev–Trinajstić information content (AvgIpc) is 2.26. The van der Waals surface area contributed by atoms with Crippen molar-refractivity contribution in [3.8, 4) is 0 Å². The molecule has 0 saturated carbocycles. The predicted octanol–water partition coefficient (Wildman–Crippen LogP) is -0.123. The number of benzene rings is 1. The molecule has 0 aliphatic heterocycles. The summed E-state index contributed by atoms with van der Waals surface area (Å²) in [6, 6.07) is 4.11. The van der Waals surface area contributed by atoms with Crippen LogP contribution in [0.3, 0.4) is 0 Å². The number of halogens is 2. The molecule has 6 nitrogen and oxygen atoms in total. The molecule has 3 N–H and O–H groups in total. The highest BCUT2D eigenvalue weighted by molar-refractivity contribution is 7.90. The molecule has 0 aliphatic carbocycles. The summed E-state index contributed by atoms with van der Waals surface area (Å²) in [6.45, 7) is -1.05. The molecule has 1 aromatic carbocycles. The van der Waals surface area contributed by atoms with Crippen molar-refractivity contribution >= 4 is 20.0 Å². The van der Waals surface area contributed by atoms with Gasteiger partial charge in [-0.3, -0.25) is 0 Å². The Labute approximate surface area is 103 Å². The largest absolute Gasteiger partial charge is 0.251 e. The SMILES string of the molecule is NS(=O)(=O)c1cccc(S(=O)(=O)NCC(F)F)c1. The van der Waals surface area contributed by atoms with Crippen molar-refractivity contribution in [2.45, 2.75) is 16.2 Å². The Kier molecular flexibility index (Phi) is 4.37. The molecule has 0 aliphatic rings. The monoisotopic (exact) mass is 300 g/mol. The van der Waals surface area contributed by atoms with E-state index in [4.69, 9.17) is 5.14 Å². The zero-order valence-electron chi connectivity index (χ0n) is 8.88. The summed E-state index contributed by atoms with van der Waals surface area (Å²) in [7, 11) is -8.25. The molecule has 0 spiro atoms. The van der Waals surface area contributed by atoms with Crippen LogP contribution in [0.1, 0.15) is 0 Å². The Morgan fingerprint density at radius 2 is 1.72 bits per heavy atom. The first kappa shape index (κ1) is 15.0. The third-order valence-electron chi connectivity index (χ3n) is 1.87. The summed E-state index contributed by atoms with van der Waals surface area (Å²) in [5.41, 5.74) is 0. The number of hydrogen-bond acceptors (Lipinski definition) is 4. The lowest BCUT2D eigenvalue weighted by Crippen LogP contribution is -2.28. The Morgan fingerprint density at radius 1 is 1.17 bits per heavy atom. The molecule has 0 heterocycles. The van der Waals surface area contributed by atoms with Crippen LogP contribution in [0.5, 0.6) is 0 Å². The van der Waals surface area contributed by atoms with Gasteiger partial charge in [-0.2, -0.15) is 0 Å². The second-order valence-corrected chi connectivity index (χ2v) is 6.59. The van der Waals surface area contributed by atoms with Crippen LogP contribution in [0.25, 0.3) is 0 Å². The number of nitrogens with two attached hydrogens (primary N) is 1. The van der Waals surface area contributed by atoms with Gasteiger partial charge in [0, 0.05) is 0 Å². The molecule has 0 atom stereocenters. The van der Waals surface area contributed by atoms with E-state index in [0.29, 0.717) is 0 Å².